The highest BCUT2D eigenvalue weighted by Gasteiger charge is 2.39. The van der Waals surface area contributed by atoms with Crippen molar-refractivity contribution in [3.05, 3.63) is 105 Å². The molecule has 1 aromatic heterocycles. The number of hydrogen-bond donors (Lipinski definition) is 1. The summed E-state index contributed by atoms with van der Waals surface area (Å²) in [6.45, 7) is 17.3. The minimum atomic E-state index is -0.446. The highest BCUT2D eigenvalue weighted by Crippen LogP contribution is 2.44. The molecule has 0 aliphatic heterocycles. The van der Waals surface area contributed by atoms with Crippen LogP contribution in [0.3, 0.4) is 0 Å². The summed E-state index contributed by atoms with van der Waals surface area (Å²) in [5, 5.41) is 23.2. The van der Waals surface area contributed by atoms with E-state index in [9.17, 15) is 20.0 Å². The van der Waals surface area contributed by atoms with Gasteiger partial charge >= 0.3 is 0 Å². The third-order valence-electron chi connectivity index (χ3n) is 7.60. The third-order valence-corrected chi connectivity index (χ3v) is 7.60. The van der Waals surface area contributed by atoms with Crippen LogP contribution in [-0.4, -0.2) is 20.4 Å². The summed E-state index contributed by atoms with van der Waals surface area (Å²) in [4.78, 5) is 24.5. The molecule has 1 aliphatic rings. The summed E-state index contributed by atoms with van der Waals surface area (Å²) >= 11 is 0. The molecular formula is C31H34N2O4. The standard InChI is InChI=1S/C31H34N2O4/c1-18(2)14-15-32-21(5)27(23-17-22(33(36)37)12-13-26(23)32)28-29(34)24(30(28)35)16-20(4)31(6,7)25-11-9-8-10-19(25)3/h8-13,16-18,34H,4,14-15H2,1-3,5-7H3/b24-16-. The molecule has 1 heterocycles. The minimum absolute atomic E-state index is 0.0502. The molecule has 0 bridgehead atoms. The molecule has 192 valence electrons. The molecule has 2 aromatic carbocycles. The van der Waals surface area contributed by atoms with Crippen molar-refractivity contribution in [3.63, 3.8) is 0 Å². The lowest BCUT2D eigenvalue weighted by Gasteiger charge is -2.30. The van der Waals surface area contributed by atoms with E-state index in [0.717, 1.165) is 28.8 Å². The summed E-state index contributed by atoms with van der Waals surface area (Å²) in [5.41, 5.74) is 5.05. The molecular weight excluding hydrogens is 464 g/mol. The minimum Gasteiger partial charge on any atom is -0.506 e. The molecule has 1 aliphatic carbocycles. The summed E-state index contributed by atoms with van der Waals surface area (Å²) in [6, 6.07) is 12.8. The van der Waals surface area contributed by atoms with Crippen molar-refractivity contribution in [3.8, 4) is 0 Å². The molecule has 0 saturated heterocycles. The topological polar surface area (TPSA) is 85.4 Å². The highest BCUT2D eigenvalue weighted by molar-refractivity contribution is 6.40. The molecule has 0 spiro atoms. The van der Waals surface area contributed by atoms with Gasteiger partial charge < -0.3 is 9.67 Å². The number of carbonyl (C=O) groups is 1. The number of non-ortho nitro benzene ring substituents is 1. The second kappa shape index (κ2) is 9.51. The Morgan fingerprint density at radius 1 is 1.19 bits per heavy atom. The zero-order valence-electron chi connectivity index (χ0n) is 22.4. The predicted octanol–water partition coefficient (Wildman–Crippen LogP) is 7.52. The van der Waals surface area contributed by atoms with Crippen LogP contribution < -0.4 is 0 Å². The maximum atomic E-state index is 13.5. The number of aliphatic hydroxyl groups excluding tert-OH is 1. The van der Waals surface area contributed by atoms with E-state index in [1.54, 1.807) is 12.1 Å². The van der Waals surface area contributed by atoms with Gasteiger partial charge in [0.1, 0.15) is 5.76 Å². The lowest BCUT2D eigenvalue weighted by molar-refractivity contribution is -0.384. The first-order chi connectivity index (χ1) is 17.4. The summed E-state index contributed by atoms with van der Waals surface area (Å²) in [6.07, 6.45) is 2.59. The molecule has 0 atom stereocenters. The molecule has 6 heteroatoms. The molecule has 0 radical (unpaired) electrons. The number of aromatic nitrogens is 1. The van der Waals surface area contributed by atoms with Crippen LogP contribution >= 0.6 is 0 Å². The van der Waals surface area contributed by atoms with Gasteiger partial charge in [-0.25, -0.2) is 0 Å². The van der Waals surface area contributed by atoms with Crippen LogP contribution in [0.25, 0.3) is 16.5 Å². The maximum Gasteiger partial charge on any atom is 0.270 e. The van der Waals surface area contributed by atoms with Crippen LogP contribution in [0.2, 0.25) is 0 Å². The Hall–Kier alpha value is -3.93. The van der Waals surface area contributed by atoms with E-state index in [1.807, 2.05) is 52.0 Å². The first-order valence-corrected chi connectivity index (χ1v) is 12.6. The Morgan fingerprint density at radius 2 is 1.86 bits per heavy atom. The number of carbonyl (C=O) groups excluding carboxylic acids is 1. The Kier molecular flexibility index (Phi) is 6.72. The smallest absolute Gasteiger partial charge is 0.270 e. The summed E-state index contributed by atoms with van der Waals surface area (Å²) in [5.74, 6) is 0.0921. The van der Waals surface area contributed by atoms with Crippen molar-refractivity contribution in [2.24, 2.45) is 5.92 Å². The van der Waals surface area contributed by atoms with Crippen LogP contribution in [0.15, 0.2) is 72.0 Å². The van der Waals surface area contributed by atoms with Crippen LogP contribution in [0.4, 0.5) is 5.69 Å². The van der Waals surface area contributed by atoms with Crippen LogP contribution in [-0.2, 0) is 16.8 Å². The SMILES string of the molecule is C=C(/C=C1\C(=O)C(c2c(C)n(CCC(C)C)c3ccc([N+](=O)[O-])cc23)=C1O)C(C)(C)c1ccccc1C. The van der Waals surface area contributed by atoms with E-state index < -0.39 is 10.3 Å². The van der Waals surface area contributed by atoms with Crippen molar-refractivity contribution in [2.75, 3.05) is 0 Å². The van der Waals surface area contributed by atoms with Crippen molar-refractivity contribution in [1.82, 2.24) is 4.57 Å². The number of aliphatic hydroxyl groups is 1. The first kappa shape index (κ1) is 26.1. The second-order valence-corrected chi connectivity index (χ2v) is 10.8. The average molecular weight is 499 g/mol. The number of ketones is 1. The lowest BCUT2D eigenvalue weighted by atomic mass is 9.74. The van der Waals surface area contributed by atoms with E-state index in [-0.39, 0.29) is 28.4 Å². The van der Waals surface area contributed by atoms with E-state index in [2.05, 4.69) is 25.0 Å². The number of nitro benzene ring substituents is 1. The number of Topliss-reactive ketones (excluding diaryl/α,β-unsaturated/α-hetero) is 1. The van der Waals surface area contributed by atoms with Crippen LogP contribution in [0.1, 0.15) is 56.5 Å². The normalized spacial score (nSPS) is 15.1. The third kappa shape index (κ3) is 4.41. The molecule has 3 aromatic rings. The summed E-state index contributed by atoms with van der Waals surface area (Å²) in [7, 11) is 0. The second-order valence-electron chi connectivity index (χ2n) is 10.8. The number of nitro groups is 1. The van der Waals surface area contributed by atoms with Gasteiger partial charge in [-0.3, -0.25) is 14.9 Å². The van der Waals surface area contributed by atoms with Gasteiger partial charge in [0.15, 0.2) is 0 Å². The number of hydrogen-bond acceptors (Lipinski definition) is 4. The van der Waals surface area contributed by atoms with Gasteiger partial charge in [0.25, 0.3) is 5.69 Å². The van der Waals surface area contributed by atoms with Crippen molar-refractivity contribution < 1.29 is 14.8 Å². The Bertz CT molecular complexity index is 1520. The van der Waals surface area contributed by atoms with E-state index >= 15 is 0 Å². The highest BCUT2D eigenvalue weighted by atomic mass is 16.6. The maximum absolute atomic E-state index is 13.5. The fraction of sp³-hybridized carbons (Fsp3) is 0.323. The molecule has 0 saturated carbocycles. The zero-order chi connectivity index (χ0) is 27.2. The van der Waals surface area contributed by atoms with Gasteiger partial charge in [-0.1, -0.05) is 58.5 Å². The van der Waals surface area contributed by atoms with Crippen molar-refractivity contribution in [1.29, 1.82) is 0 Å². The Balaban J connectivity index is 1.82. The number of aryl methyl sites for hydroxylation is 2. The summed E-state index contributed by atoms with van der Waals surface area (Å²) < 4.78 is 2.09. The number of fused-ring (bicyclic) bond motifs is 1. The van der Waals surface area contributed by atoms with Crippen molar-refractivity contribution >= 4 is 27.9 Å². The van der Waals surface area contributed by atoms with Gasteiger partial charge in [0.05, 0.1) is 16.1 Å². The Morgan fingerprint density at radius 3 is 2.46 bits per heavy atom. The van der Waals surface area contributed by atoms with E-state index in [4.69, 9.17) is 0 Å². The molecule has 0 unspecified atom stereocenters. The van der Waals surface area contributed by atoms with Gasteiger partial charge in [0.2, 0.25) is 5.78 Å². The molecule has 0 amide bonds. The van der Waals surface area contributed by atoms with Gasteiger partial charge in [-0.2, -0.15) is 0 Å². The van der Waals surface area contributed by atoms with Gasteiger partial charge in [-0.15, -0.1) is 0 Å². The number of nitrogens with zero attached hydrogens (tertiary/aromatic N) is 2. The number of rotatable bonds is 8. The number of benzene rings is 2. The lowest BCUT2D eigenvalue weighted by Crippen LogP contribution is -2.25. The Labute approximate surface area is 217 Å². The quantitative estimate of drug-likeness (QED) is 0.198. The van der Waals surface area contributed by atoms with E-state index in [0.29, 0.717) is 29.0 Å². The predicted molar refractivity (Wildman–Crippen MR) is 149 cm³/mol. The first-order valence-electron chi connectivity index (χ1n) is 12.6. The fourth-order valence-corrected chi connectivity index (χ4v) is 5.16. The zero-order valence-corrected chi connectivity index (χ0v) is 22.4. The van der Waals surface area contributed by atoms with Gasteiger partial charge in [-0.05, 0) is 55.0 Å². The van der Waals surface area contributed by atoms with Gasteiger partial charge in [0, 0.05) is 46.3 Å². The molecule has 0 fully saturated rings. The van der Waals surface area contributed by atoms with Crippen LogP contribution in [0.5, 0.6) is 0 Å². The molecule has 4 rings (SSSR count). The molecule has 6 nitrogen and oxygen atoms in total. The average Bonchev–Trinajstić information content (AvgIpc) is 3.11. The molecule has 1 N–H and O–H groups in total. The fourth-order valence-electron chi connectivity index (χ4n) is 5.16. The van der Waals surface area contributed by atoms with Crippen molar-refractivity contribution in [2.45, 2.75) is 59.9 Å². The number of allylic oxidation sites excluding steroid dienone is 4. The van der Waals surface area contributed by atoms with Crippen LogP contribution in [0, 0.1) is 29.9 Å². The largest absolute Gasteiger partial charge is 0.506 e. The van der Waals surface area contributed by atoms with E-state index in [1.165, 1.54) is 12.1 Å². The monoisotopic (exact) mass is 498 g/mol. The molecule has 37 heavy (non-hydrogen) atoms.